The Hall–Kier alpha value is -7.02. The van der Waals surface area contributed by atoms with Gasteiger partial charge in [0.2, 0.25) is 0 Å². The van der Waals surface area contributed by atoms with E-state index in [-0.39, 0.29) is 0 Å². The fraction of sp³-hybridized carbons (Fsp3) is 0. The summed E-state index contributed by atoms with van der Waals surface area (Å²) in [5.41, 5.74) is 14.7. The summed E-state index contributed by atoms with van der Waals surface area (Å²) in [6.45, 7) is 0. The minimum Gasteiger partial charge on any atom is -0.0622 e. The van der Waals surface area contributed by atoms with Gasteiger partial charge >= 0.3 is 0 Å². The van der Waals surface area contributed by atoms with Crippen LogP contribution in [0.15, 0.2) is 218 Å². The molecule has 0 aliphatic heterocycles. The minimum absolute atomic E-state index is 1.20. The Labute approximate surface area is 316 Å². The van der Waals surface area contributed by atoms with Crippen LogP contribution in [0.3, 0.4) is 0 Å². The second-order valence-electron chi connectivity index (χ2n) is 14.0. The molecule has 0 heteroatoms. The van der Waals surface area contributed by atoms with E-state index in [1.807, 2.05) is 0 Å². The molecule has 0 N–H and O–H groups in total. The number of hydrogen-bond donors (Lipinski definition) is 0. The molecule has 0 spiro atoms. The third kappa shape index (κ3) is 5.57. The molecule has 0 atom stereocenters. The lowest BCUT2D eigenvalue weighted by molar-refractivity contribution is 1.58. The maximum Gasteiger partial charge on any atom is -0.00261 e. The molecule has 0 bridgehead atoms. The average molecular weight is 685 g/mol. The molecule has 10 aromatic rings. The van der Waals surface area contributed by atoms with E-state index in [4.69, 9.17) is 0 Å². The van der Waals surface area contributed by atoms with E-state index >= 15 is 0 Å². The van der Waals surface area contributed by atoms with Crippen LogP contribution in [-0.2, 0) is 0 Å². The van der Waals surface area contributed by atoms with Gasteiger partial charge in [-0.1, -0.05) is 200 Å². The summed E-state index contributed by atoms with van der Waals surface area (Å²) in [5.74, 6) is 0. The van der Waals surface area contributed by atoms with E-state index in [9.17, 15) is 0 Å². The van der Waals surface area contributed by atoms with Crippen LogP contribution in [0.25, 0.3) is 99.1 Å². The summed E-state index contributed by atoms with van der Waals surface area (Å²) in [4.78, 5) is 0. The van der Waals surface area contributed by atoms with E-state index in [1.54, 1.807) is 0 Å². The van der Waals surface area contributed by atoms with E-state index < -0.39 is 0 Å². The third-order valence-corrected chi connectivity index (χ3v) is 10.9. The van der Waals surface area contributed by atoms with E-state index in [0.29, 0.717) is 0 Å². The van der Waals surface area contributed by atoms with Crippen molar-refractivity contribution < 1.29 is 0 Å². The van der Waals surface area contributed by atoms with Crippen LogP contribution >= 0.6 is 0 Å². The molecule has 0 saturated heterocycles. The Balaban J connectivity index is 1.23. The van der Waals surface area contributed by atoms with Crippen molar-refractivity contribution in [1.29, 1.82) is 0 Å². The van der Waals surface area contributed by atoms with Crippen molar-refractivity contribution in [2.24, 2.45) is 0 Å². The van der Waals surface area contributed by atoms with Crippen LogP contribution in [-0.4, -0.2) is 0 Å². The number of benzene rings is 10. The summed E-state index contributed by atoms with van der Waals surface area (Å²) >= 11 is 0. The highest BCUT2D eigenvalue weighted by Crippen LogP contribution is 2.46. The van der Waals surface area contributed by atoms with Gasteiger partial charge in [0, 0.05) is 0 Å². The third-order valence-electron chi connectivity index (χ3n) is 10.9. The molecule has 0 amide bonds. The summed E-state index contributed by atoms with van der Waals surface area (Å²) in [6.07, 6.45) is 0. The Morgan fingerprint density at radius 3 is 1.17 bits per heavy atom. The molecule has 0 aromatic heterocycles. The van der Waals surface area contributed by atoms with Crippen molar-refractivity contribution in [2.75, 3.05) is 0 Å². The molecule has 0 radical (unpaired) electrons. The van der Waals surface area contributed by atoms with Crippen LogP contribution in [0.1, 0.15) is 0 Å². The van der Waals surface area contributed by atoms with Gasteiger partial charge in [-0.15, -0.1) is 0 Å². The predicted molar refractivity (Wildman–Crippen MR) is 232 cm³/mol. The highest BCUT2D eigenvalue weighted by molar-refractivity contribution is 6.22. The fourth-order valence-electron chi connectivity index (χ4n) is 8.33. The molecule has 0 saturated carbocycles. The molecule has 0 nitrogen and oxygen atoms in total. The van der Waals surface area contributed by atoms with Crippen molar-refractivity contribution in [3.8, 4) is 66.8 Å². The first-order chi connectivity index (χ1) is 26.8. The first-order valence-corrected chi connectivity index (χ1v) is 18.7. The van der Waals surface area contributed by atoms with Crippen LogP contribution in [0.5, 0.6) is 0 Å². The standard InChI is InChI=1S/C54H36/c1-4-16-37(17-5-1)38-28-30-39(31-29-38)44-34-42-32-33-43(35-51(42)52(36-44)46-23-11-10-22-45(46)40-18-6-2-7-19-40)54-49-26-14-12-24-47(49)53(41-20-8-3-9-21-41)48-25-13-15-27-50(48)54/h1-36H. The molecule has 0 aliphatic carbocycles. The Morgan fingerprint density at radius 2 is 0.593 bits per heavy atom. The lowest BCUT2D eigenvalue weighted by Crippen LogP contribution is -1.92. The van der Waals surface area contributed by atoms with Crippen LogP contribution < -0.4 is 0 Å². The average Bonchev–Trinajstić information content (AvgIpc) is 3.26. The summed E-state index contributed by atoms with van der Waals surface area (Å²) in [7, 11) is 0. The van der Waals surface area contributed by atoms with Gasteiger partial charge in [0.1, 0.15) is 0 Å². The van der Waals surface area contributed by atoms with Gasteiger partial charge in [-0.3, -0.25) is 0 Å². The zero-order chi connectivity index (χ0) is 35.8. The lowest BCUT2D eigenvalue weighted by atomic mass is 9.84. The molecule has 0 heterocycles. The Morgan fingerprint density at radius 1 is 0.185 bits per heavy atom. The van der Waals surface area contributed by atoms with Crippen molar-refractivity contribution in [3.05, 3.63) is 218 Å². The zero-order valence-corrected chi connectivity index (χ0v) is 29.8. The molecule has 10 rings (SSSR count). The van der Waals surface area contributed by atoms with Gasteiger partial charge in [-0.05, 0) is 117 Å². The molecular formula is C54H36. The van der Waals surface area contributed by atoms with Crippen LogP contribution in [0.2, 0.25) is 0 Å². The van der Waals surface area contributed by atoms with Crippen LogP contribution in [0, 0.1) is 0 Å². The predicted octanol–water partition coefficient (Wildman–Crippen LogP) is 15.1. The maximum atomic E-state index is 2.44. The molecule has 10 aromatic carbocycles. The van der Waals surface area contributed by atoms with Gasteiger partial charge in [0.25, 0.3) is 0 Å². The quantitative estimate of drug-likeness (QED) is 0.153. The summed E-state index contributed by atoms with van der Waals surface area (Å²) in [6, 6.07) is 79.7. The Kier molecular flexibility index (Phi) is 7.93. The van der Waals surface area contributed by atoms with Crippen molar-refractivity contribution in [1.82, 2.24) is 0 Å². The summed E-state index contributed by atoms with van der Waals surface area (Å²) in [5, 5.41) is 7.51. The monoisotopic (exact) mass is 684 g/mol. The first kappa shape index (κ1) is 31.7. The van der Waals surface area contributed by atoms with Gasteiger partial charge in [-0.2, -0.15) is 0 Å². The lowest BCUT2D eigenvalue weighted by Gasteiger charge is -2.19. The highest BCUT2D eigenvalue weighted by Gasteiger charge is 2.19. The topological polar surface area (TPSA) is 0 Å². The number of hydrogen-bond acceptors (Lipinski definition) is 0. The second kappa shape index (κ2) is 13.5. The maximum absolute atomic E-state index is 2.44. The zero-order valence-electron chi connectivity index (χ0n) is 29.8. The van der Waals surface area contributed by atoms with Gasteiger partial charge in [-0.25, -0.2) is 0 Å². The number of fused-ring (bicyclic) bond motifs is 3. The van der Waals surface area contributed by atoms with E-state index in [1.165, 1.54) is 99.1 Å². The Bertz CT molecular complexity index is 2880. The summed E-state index contributed by atoms with van der Waals surface area (Å²) < 4.78 is 0. The molecule has 252 valence electrons. The SMILES string of the molecule is c1ccc(-c2ccc(-c3cc(-c4ccccc4-c4ccccc4)c4cc(-c5c6ccccc6c(-c6ccccc6)c6ccccc56)ccc4c3)cc2)cc1. The van der Waals surface area contributed by atoms with E-state index in [2.05, 4.69) is 218 Å². The van der Waals surface area contributed by atoms with Gasteiger partial charge < -0.3 is 0 Å². The highest BCUT2D eigenvalue weighted by atomic mass is 14.2. The van der Waals surface area contributed by atoms with Crippen molar-refractivity contribution >= 4 is 32.3 Å². The number of rotatable bonds is 6. The molecule has 0 fully saturated rings. The van der Waals surface area contributed by atoms with Crippen LogP contribution in [0.4, 0.5) is 0 Å². The van der Waals surface area contributed by atoms with E-state index in [0.717, 1.165) is 0 Å². The molecular weight excluding hydrogens is 649 g/mol. The van der Waals surface area contributed by atoms with Gasteiger partial charge in [0.15, 0.2) is 0 Å². The molecule has 0 aliphatic rings. The molecule has 54 heavy (non-hydrogen) atoms. The normalized spacial score (nSPS) is 11.3. The fourth-order valence-corrected chi connectivity index (χ4v) is 8.33. The largest absolute Gasteiger partial charge is 0.0622 e. The molecule has 0 unspecified atom stereocenters. The minimum atomic E-state index is 1.20. The van der Waals surface area contributed by atoms with Gasteiger partial charge in [0.05, 0.1) is 0 Å². The second-order valence-corrected chi connectivity index (χ2v) is 14.0. The van der Waals surface area contributed by atoms with Crippen molar-refractivity contribution in [3.63, 3.8) is 0 Å². The van der Waals surface area contributed by atoms with Crippen molar-refractivity contribution in [2.45, 2.75) is 0 Å². The first-order valence-electron chi connectivity index (χ1n) is 18.7. The smallest absolute Gasteiger partial charge is 0.00261 e.